The zero-order valence-corrected chi connectivity index (χ0v) is 10.3. The van der Waals surface area contributed by atoms with Gasteiger partial charge in [-0.05, 0) is 22.4 Å². The minimum Gasteiger partial charge on any atom is -0.508 e. The molecule has 5 N–H and O–H groups in total. The predicted molar refractivity (Wildman–Crippen MR) is 69.0 cm³/mol. The maximum atomic E-state index is 9.64. The van der Waals surface area contributed by atoms with Crippen LogP contribution in [0, 0.1) is 0 Å². The van der Waals surface area contributed by atoms with Crippen LogP contribution in [-0.4, -0.2) is 15.3 Å². The van der Waals surface area contributed by atoms with E-state index in [1.54, 1.807) is 0 Å². The zero-order chi connectivity index (χ0) is 11.7. The molecular weight excluding hydrogens is 262 g/mol. The quantitative estimate of drug-likeness (QED) is 0.676. The average molecular weight is 274 g/mol. The molecule has 17 heavy (non-hydrogen) atoms. The first-order valence-electron chi connectivity index (χ1n) is 4.62. The van der Waals surface area contributed by atoms with E-state index in [2.05, 4.69) is 0 Å². The summed E-state index contributed by atoms with van der Waals surface area (Å²) in [6, 6.07) is 3.52. The molecule has 2 rings (SSSR count). The molecule has 6 heteroatoms. The molecule has 1 aromatic heterocycles. The van der Waals surface area contributed by atoms with Crippen molar-refractivity contribution in [3.8, 4) is 17.2 Å². The number of thiophene rings is 1. The van der Waals surface area contributed by atoms with E-state index < -0.39 is 6.04 Å². The van der Waals surface area contributed by atoms with Gasteiger partial charge in [0.05, 0.1) is 11.6 Å². The SMILES string of the molecule is Cl.N[C@H](c1ccsc1)c1c(O)cc(O)cc1O. The van der Waals surface area contributed by atoms with Crippen LogP contribution in [0.5, 0.6) is 17.2 Å². The standard InChI is InChI=1S/C11H11NO3S.ClH/c12-11(6-1-2-16-5-6)10-8(14)3-7(13)4-9(10)15;/h1-5,11,13-15H,12H2;1H/t11-;/m1./s1. The van der Waals surface area contributed by atoms with Crippen LogP contribution in [-0.2, 0) is 0 Å². The van der Waals surface area contributed by atoms with E-state index >= 15 is 0 Å². The van der Waals surface area contributed by atoms with Gasteiger partial charge in [-0.15, -0.1) is 12.4 Å². The molecule has 1 atom stereocenters. The van der Waals surface area contributed by atoms with Gasteiger partial charge in [-0.3, -0.25) is 0 Å². The fourth-order valence-corrected chi connectivity index (χ4v) is 2.24. The van der Waals surface area contributed by atoms with Crippen molar-refractivity contribution in [3.63, 3.8) is 0 Å². The summed E-state index contributed by atoms with van der Waals surface area (Å²) in [6.45, 7) is 0. The first-order valence-corrected chi connectivity index (χ1v) is 5.56. The van der Waals surface area contributed by atoms with Crippen LogP contribution in [0.15, 0.2) is 29.0 Å². The summed E-state index contributed by atoms with van der Waals surface area (Å²) in [5, 5.41) is 32.2. The maximum absolute atomic E-state index is 9.64. The molecule has 1 heterocycles. The Morgan fingerprint density at radius 2 is 1.71 bits per heavy atom. The van der Waals surface area contributed by atoms with Crippen molar-refractivity contribution >= 4 is 23.7 Å². The zero-order valence-electron chi connectivity index (χ0n) is 8.70. The number of hydrogen-bond donors (Lipinski definition) is 4. The molecule has 0 aliphatic carbocycles. The summed E-state index contributed by atoms with van der Waals surface area (Å²) in [5.41, 5.74) is 6.94. The molecule has 0 amide bonds. The van der Waals surface area contributed by atoms with Crippen LogP contribution in [0.1, 0.15) is 17.2 Å². The van der Waals surface area contributed by atoms with Gasteiger partial charge in [0.25, 0.3) is 0 Å². The molecule has 0 saturated heterocycles. The predicted octanol–water partition coefficient (Wildman–Crippen LogP) is 2.33. The number of halogens is 1. The number of benzene rings is 1. The van der Waals surface area contributed by atoms with Crippen molar-refractivity contribution in [2.45, 2.75) is 6.04 Å². The van der Waals surface area contributed by atoms with Gasteiger partial charge in [-0.25, -0.2) is 0 Å². The minimum atomic E-state index is -0.605. The monoisotopic (exact) mass is 273 g/mol. The molecule has 0 aliphatic rings. The van der Waals surface area contributed by atoms with E-state index in [1.807, 2.05) is 16.8 Å². The maximum Gasteiger partial charge on any atom is 0.128 e. The highest BCUT2D eigenvalue weighted by Crippen LogP contribution is 2.38. The molecule has 0 radical (unpaired) electrons. The average Bonchev–Trinajstić information content (AvgIpc) is 2.67. The van der Waals surface area contributed by atoms with Crippen LogP contribution in [0.2, 0.25) is 0 Å². The van der Waals surface area contributed by atoms with E-state index in [4.69, 9.17) is 5.73 Å². The Bertz CT molecular complexity index is 478. The molecule has 0 bridgehead atoms. The summed E-state index contributed by atoms with van der Waals surface area (Å²) in [4.78, 5) is 0. The highest BCUT2D eigenvalue weighted by molar-refractivity contribution is 7.08. The van der Waals surface area contributed by atoms with Gasteiger partial charge in [0, 0.05) is 12.1 Å². The van der Waals surface area contributed by atoms with Crippen molar-refractivity contribution in [2.24, 2.45) is 5.73 Å². The second-order valence-corrected chi connectivity index (χ2v) is 4.21. The molecule has 0 spiro atoms. The Kier molecular flexibility index (Phi) is 4.22. The largest absolute Gasteiger partial charge is 0.508 e. The van der Waals surface area contributed by atoms with E-state index in [0.29, 0.717) is 0 Å². The van der Waals surface area contributed by atoms with Crippen LogP contribution in [0.3, 0.4) is 0 Å². The Hall–Kier alpha value is -1.43. The Morgan fingerprint density at radius 1 is 1.12 bits per heavy atom. The third-order valence-corrected chi connectivity index (χ3v) is 3.04. The molecule has 92 valence electrons. The second kappa shape index (κ2) is 5.27. The molecular formula is C11H12ClNO3S. The van der Waals surface area contributed by atoms with Gasteiger partial charge < -0.3 is 21.1 Å². The smallest absolute Gasteiger partial charge is 0.128 e. The summed E-state index contributed by atoms with van der Waals surface area (Å²) >= 11 is 1.48. The number of phenolic OH excluding ortho intramolecular Hbond substituents is 3. The number of rotatable bonds is 2. The summed E-state index contributed by atoms with van der Waals surface area (Å²) < 4.78 is 0. The molecule has 0 aliphatic heterocycles. The lowest BCUT2D eigenvalue weighted by Gasteiger charge is -2.14. The van der Waals surface area contributed by atoms with Gasteiger partial charge >= 0.3 is 0 Å². The van der Waals surface area contributed by atoms with Crippen LogP contribution in [0.4, 0.5) is 0 Å². The number of phenols is 3. The van der Waals surface area contributed by atoms with E-state index in [1.165, 1.54) is 11.3 Å². The fraction of sp³-hybridized carbons (Fsp3) is 0.0909. The lowest BCUT2D eigenvalue weighted by atomic mass is 10.00. The van der Waals surface area contributed by atoms with Gasteiger partial charge in [-0.1, -0.05) is 0 Å². The highest BCUT2D eigenvalue weighted by atomic mass is 35.5. The number of nitrogens with two attached hydrogens (primary N) is 1. The van der Waals surface area contributed by atoms with Crippen molar-refractivity contribution < 1.29 is 15.3 Å². The fourth-order valence-electron chi connectivity index (χ4n) is 1.55. The lowest BCUT2D eigenvalue weighted by Crippen LogP contribution is -2.11. The van der Waals surface area contributed by atoms with Gasteiger partial charge in [0.1, 0.15) is 17.2 Å². The molecule has 0 saturated carbocycles. The van der Waals surface area contributed by atoms with Gasteiger partial charge in [-0.2, -0.15) is 11.3 Å². The molecule has 4 nitrogen and oxygen atoms in total. The summed E-state index contributed by atoms with van der Waals surface area (Å²) in [5.74, 6) is -0.622. The van der Waals surface area contributed by atoms with Gasteiger partial charge in [0.15, 0.2) is 0 Å². The van der Waals surface area contributed by atoms with E-state index in [-0.39, 0.29) is 35.2 Å². The van der Waals surface area contributed by atoms with Crippen molar-refractivity contribution in [2.75, 3.05) is 0 Å². The Morgan fingerprint density at radius 3 is 2.18 bits per heavy atom. The molecule has 0 unspecified atom stereocenters. The van der Waals surface area contributed by atoms with Crippen LogP contribution in [0.25, 0.3) is 0 Å². The molecule has 0 fully saturated rings. The Labute approximate surface area is 108 Å². The van der Waals surface area contributed by atoms with Gasteiger partial charge in [0.2, 0.25) is 0 Å². The van der Waals surface area contributed by atoms with E-state index in [9.17, 15) is 15.3 Å². The minimum absolute atomic E-state index is 0. The lowest BCUT2D eigenvalue weighted by molar-refractivity contribution is 0.416. The topological polar surface area (TPSA) is 86.7 Å². The third kappa shape index (κ3) is 2.63. The number of hydrogen-bond acceptors (Lipinski definition) is 5. The summed E-state index contributed by atoms with van der Waals surface area (Å²) in [6.07, 6.45) is 0. The van der Waals surface area contributed by atoms with Crippen molar-refractivity contribution in [1.82, 2.24) is 0 Å². The highest BCUT2D eigenvalue weighted by Gasteiger charge is 2.18. The van der Waals surface area contributed by atoms with Crippen molar-refractivity contribution in [1.29, 1.82) is 0 Å². The summed E-state index contributed by atoms with van der Waals surface area (Å²) in [7, 11) is 0. The van der Waals surface area contributed by atoms with Crippen LogP contribution >= 0.6 is 23.7 Å². The molecule has 2 aromatic rings. The molecule has 1 aromatic carbocycles. The number of aromatic hydroxyl groups is 3. The van der Waals surface area contributed by atoms with Crippen LogP contribution < -0.4 is 5.73 Å². The van der Waals surface area contributed by atoms with E-state index in [0.717, 1.165) is 17.7 Å². The first-order chi connectivity index (χ1) is 7.59. The second-order valence-electron chi connectivity index (χ2n) is 3.43. The third-order valence-electron chi connectivity index (χ3n) is 2.33. The normalized spacial score (nSPS) is 11.8. The first kappa shape index (κ1) is 13.6. The van der Waals surface area contributed by atoms with Crippen molar-refractivity contribution in [3.05, 3.63) is 40.1 Å². The Balaban J connectivity index is 0.00000144.